The van der Waals surface area contributed by atoms with E-state index >= 15 is 0 Å². The number of benzene rings is 1. The summed E-state index contributed by atoms with van der Waals surface area (Å²) in [5, 5.41) is 3.69. The van der Waals surface area contributed by atoms with E-state index in [1.165, 1.54) is 6.07 Å². The third-order valence-corrected chi connectivity index (χ3v) is 3.85. The maximum absolute atomic E-state index is 11.8. The highest BCUT2D eigenvalue weighted by Gasteiger charge is 2.23. The molecule has 1 heterocycles. The lowest BCUT2D eigenvalue weighted by atomic mass is 10.0. The van der Waals surface area contributed by atoms with Crippen molar-refractivity contribution in [1.82, 2.24) is 5.32 Å². The quantitative estimate of drug-likeness (QED) is 0.832. The van der Waals surface area contributed by atoms with Gasteiger partial charge in [0, 0.05) is 12.1 Å². The molecule has 23 heavy (non-hydrogen) atoms. The molecule has 1 aliphatic rings. The van der Waals surface area contributed by atoms with Gasteiger partial charge in [-0.05, 0) is 49.4 Å². The molecule has 1 amide bonds. The summed E-state index contributed by atoms with van der Waals surface area (Å²) in [4.78, 5) is 23.6. The van der Waals surface area contributed by atoms with Crippen LogP contribution in [-0.4, -0.2) is 18.6 Å². The van der Waals surface area contributed by atoms with Gasteiger partial charge in [-0.3, -0.25) is 4.79 Å². The van der Waals surface area contributed by atoms with Gasteiger partial charge in [-0.15, -0.1) is 0 Å². The summed E-state index contributed by atoms with van der Waals surface area (Å²) >= 11 is 0. The van der Waals surface area contributed by atoms with Gasteiger partial charge < -0.3 is 14.5 Å². The molecule has 1 saturated carbocycles. The Balaban J connectivity index is 1.93. The van der Waals surface area contributed by atoms with E-state index in [1.54, 1.807) is 0 Å². The van der Waals surface area contributed by atoms with Crippen LogP contribution in [0.5, 0.6) is 5.75 Å². The maximum atomic E-state index is 11.8. The Kier molecular flexibility index (Phi) is 4.37. The van der Waals surface area contributed by atoms with Gasteiger partial charge in [0.1, 0.15) is 11.3 Å². The van der Waals surface area contributed by atoms with Crippen LogP contribution in [0, 0.1) is 6.92 Å². The van der Waals surface area contributed by atoms with Crippen LogP contribution in [0.15, 0.2) is 27.4 Å². The first-order chi connectivity index (χ1) is 11.1. The first-order valence-electron chi connectivity index (χ1n) is 8.06. The minimum Gasteiger partial charge on any atom is -0.483 e. The lowest BCUT2D eigenvalue weighted by Crippen LogP contribution is -2.30. The predicted octanol–water partition coefficient (Wildman–Crippen LogP) is 2.71. The lowest BCUT2D eigenvalue weighted by molar-refractivity contribution is -0.123. The number of fused-ring (bicyclic) bond motifs is 1. The van der Waals surface area contributed by atoms with E-state index in [0.29, 0.717) is 17.4 Å². The molecule has 1 N–H and O–H groups in total. The summed E-state index contributed by atoms with van der Waals surface area (Å²) < 4.78 is 11.1. The molecule has 0 atom stereocenters. The topological polar surface area (TPSA) is 68.5 Å². The molecule has 122 valence electrons. The maximum Gasteiger partial charge on any atom is 0.336 e. The van der Waals surface area contributed by atoms with Gasteiger partial charge in [0.25, 0.3) is 5.91 Å². The average Bonchev–Trinajstić information content (AvgIpc) is 3.28. The molecule has 1 aliphatic carbocycles. The number of carbonyl (C=O) groups excluding carboxylic acids is 1. The van der Waals surface area contributed by atoms with Crippen LogP contribution in [-0.2, 0) is 11.2 Å². The number of hydrogen-bond acceptors (Lipinski definition) is 4. The minimum absolute atomic E-state index is 0.0280. The molecular weight excluding hydrogens is 294 g/mol. The highest BCUT2D eigenvalue weighted by Crippen LogP contribution is 2.30. The second kappa shape index (κ2) is 6.44. The van der Waals surface area contributed by atoms with E-state index in [9.17, 15) is 9.59 Å². The molecule has 0 spiro atoms. The van der Waals surface area contributed by atoms with Crippen molar-refractivity contribution >= 4 is 16.9 Å². The molecule has 5 nitrogen and oxygen atoms in total. The summed E-state index contributed by atoms with van der Waals surface area (Å²) in [6.45, 7) is 3.93. The number of rotatable bonds is 6. The molecule has 0 radical (unpaired) electrons. The molecule has 1 aromatic carbocycles. The largest absolute Gasteiger partial charge is 0.483 e. The van der Waals surface area contributed by atoms with Crippen LogP contribution >= 0.6 is 0 Å². The number of nitrogens with one attached hydrogen (secondary N) is 1. The Bertz CT molecular complexity index is 789. The van der Waals surface area contributed by atoms with Crippen LogP contribution in [0.4, 0.5) is 0 Å². The van der Waals surface area contributed by atoms with Crippen molar-refractivity contribution in [3.8, 4) is 5.75 Å². The fourth-order valence-electron chi connectivity index (χ4n) is 2.69. The van der Waals surface area contributed by atoms with Crippen molar-refractivity contribution in [2.75, 3.05) is 6.61 Å². The zero-order valence-corrected chi connectivity index (χ0v) is 13.5. The number of hydrogen-bond donors (Lipinski definition) is 1. The van der Waals surface area contributed by atoms with Crippen LogP contribution in [0.1, 0.15) is 37.3 Å². The molecular formula is C18H21NO4. The van der Waals surface area contributed by atoms with E-state index in [2.05, 4.69) is 12.2 Å². The highest BCUT2D eigenvalue weighted by atomic mass is 16.5. The SMILES string of the molecule is CCCc1cc(=O)oc2cc(C)cc(OCC(=O)NC3CC3)c12. The molecule has 0 aliphatic heterocycles. The number of carbonyl (C=O) groups is 1. The van der Waals surface area contributed by atoms with Gasteiger partial charge in [-0.25, -0.2) is 4.79 Å². The monoisotopic (exact) mass is 315 g/mol. The normalized spacial score (nSPS) is 14.0. The van der Waals surface area contributed by atoms with Crippen molar-refractivity contribution in [3.05, 3.63) is 39.7 Å². The zero-order chi connectivity index (χ0) is 16.4. The van der Waals surface area contributed by atoms with Crippen LogP contribution in [0.25, 0.3) is 11.0 Å². The van der Waals surface area contributed by atoms with Gasteiger partial charge in [-0.2, -0.15) is 0 Å². The Morgan fingerprint density at radius 1 is 1.35 bits per heavy atom. The summed E-state index contributed by atoms with van der Waals surface area (Å²) in [5.41, 5.74) is 1.98. The molecule has 2 aromatic rings. The number of ether oxygens (including phenoxy) is 1. The summed E-state index contributed by atoms with van der Waals surface area (Å²) in [7, 11) is 0. The van der Waals surface area contributed by atoms with Gasteiger partial charge >= 0.3 is 5.63 Å². The van der Waals surface area contributed by atoms with Crippen molar-refractivity contribution in [3.63, 3.8) is 0 Å². The third kappa shape index (κ3) is 3.73. The second-order valence-corrected chi connectivity index (χ2v) is 6.11. The molecule has 0 unspecified atom stereocenters. The Labute approximate surface area is 134 Å². The molecule has 0 saturated heterocycles. The minimum atomic E-state index is -0.357. The average molecular weight is 315 g/mol. The van der Waals surface area contributed by atoms with Gasteiger partial charge in [0.15, 0.2) is 6.61 Å². The highest BCUT2D eigenvalue weighted by molar-refractivity contribution is 5.88. The fraction of sp³-hybridized carbons (Fsp3) is 0.444. The molecule has 1 fully saturated rings. The summed E-state index contributed by atoms with van der Waals surface area (Å²) in [6.07, 6.45) is 3.76. The second-order valence-electron chi connectivity index (χ2n) is 6.11. The predicted molar refractivity (Wildman–Crippen MR) is 87.9 cm³/mol. The van der Waals surface area contributed by atoms with Crippen molar-refractivity contribution < 1.29 is 13.9 Å². The number of amides is 1. The number of aryl methyl sites for hydroxylation is 2. The Morgan fingerprint density at radius 3 is 2.83 bits per heavy atom. The Morgan fingerprint density at radius 2 is 2.13 bits per heavy atom. The van der Waals surface area contributed by atoms with Crippen LogP contribution in [0.3, 0.4) is 0 Å². The summed E-state index contributed by atoms with van der Waals surface area (Å²) in [5.74, 6) is 0.481. The van der Waals surface area contributed by atoms with E-state index < -0.39 is 0 Å². The van der Waals surface area contributed by atoms with Crippen molar-refractivity contribution in [2.45, 2.75) is 45.6 Å². The van der Waals surface area contributed by atoms with Gasteiger partial charge in [0.2, 0.25) is 0 Å². The van der Waals surface area contributed by atoms with E-state index in [0.717, 1.165) is 42.2 Å². The molecule has 1 aromatic heterocycles. The van der Waals surface area contributed by atoms with Crippen molar-refractivity contribution in [1.29, 1.82) is 0 Å². The van der Waals surface area contributed by atoms with Gasteiger partial charge in [-0.1, -0.05) is 13.3 Å². The smallest absolute Gasteiger partial charge is 0.336 e. The first-order valence-corrected chi connectivity index (χ1v) is 8.06. The molecule has 3 rings (SSSR count). The van der Waals surface area contributed by atoms with Crippen LogP contribution < -0.4 is 15.7 Å². The molecule has 5 heteroatoms. The van der Waals surface area contributed by atoms with Crippen LogP contribution in [0.2, 0.25) is 0 Å². The van der Waals surface area contributed by atoms with E-state index in [-0.39, 0.29) is 18.1 Å². The lowest BCUT2D eigenvalue weighted by Gasteiger charge is -2.13. The molecule has 0 bridgehead atoms. The van der Waals surface area contributed by atoms with Gasteiger partial charge in [0.05, 0.1) is 5.39 Å². The fourth-order valence-corrected chi connectivity index (χ4v) is 2.69. The first kappa shape index (κ1) is 15.6. The van der Waals surface area contributed by atoms with E-state index in [4.69, 9.17) is 9.15 Å². The van der Waals surface area contributed by atoms with E-state index in [1.807, 2.05) is 19.1 Å². The third-order valence-electron chi connectivity index (χ3n) is 3.85. The Hall–Kier alpha value is -2.30. The van der Waals surface area contributed by atoms with Crippen molar-refractivity contribution in [2.24, 2.45) is 0 Å². The summed E-state index contributed by atoms with van der Waals surface area (Å²) in [6, 6.07) is 5.53. The zero-order valence-electron chi connectivity index (χ0n) is 13.5. The standard InChI is InChI=1S/C18H21NO4/c1-3-4-12-9-17(21)23-15-8-11(2)7-14(18(12)15)22-10-16(20)19-13-5-6-13/h7-9,13H,3-6,10H2,1-2H3,(H,19,20).